The van der Waals surface area contributed by atoms with E-state index < -0.39 is 17.7 Å². The molecule has 158 valence electrons. The summed E-state index contributed by atoms with van der Waals surface area (Å²) in [6, 6.07) is 9.82. The summed E-state index contributed by atoms with van der Waals surface area (Å²) in [5, 5.41) is 10.4. The van der Waals surface area contributed by atoms with Crippen LogP contribution in [0.4, 0.5) is 8.78 Å². The van der Waals surface area contributed by atoms with Crippen molar-refractivity contribution in [2.24, 2.45) is 0 Å². The van der Waals surface area contributed by atoms with Crippen LogP contribution in [0.25, 0.3) is 0 Å². The third-order valence-electron chi connectivity index (χ3n) is 5.24. The van der Waals surface area contributed by atoms with Crippen molar-refractivity contribution in [3.05, 3.63) is 64.7 Å². The molecule has 0 aliphatic carbocycles. The summed E-state index contributed by atoms with van der Waals surface area (Å²) in [7, 11) is 0. The zero-order chi connectivity index (χ0) is 21.0. The van der Waals surface area contributed by atoms with Gasteiger partial charge in [-0.3, -0.25) is 4.90 Å². The normalized spacial score (nSPS) is 18.8. The Labute approximate surface area is 171 Å². The van der Waals surface area contributed by atoms with Crippen molar-refractivity contribution < 1.29 is 23.4 Å². The second-order valence-electron chi connectivity index (χ2n) is 7.93. The Bertz CT molecular complexity index is 828. The number of hydrogen-bond donors (Lipinski definition) is 1. The molecule has 29 heavy (non-hydrogen) atoms. The molecule has 4 nitrogen and oxygen atoms in total. The van der Waals surface area contributed by atoms with Gasteiger partial charge in [-0.25, -0.2) is 8.78 Å². The summed E-state index contributed by atoms with van der Waals surface area (Å²) in [6.45, 7) is 8.62. The Morgan fingerprint density at radius 1 is 1.17 bits per heavy atom. The van der Waals surface area contributed by atoms with Crippen LogP contribution < -0.4 is 4.74 Å². The molecule has 2 atom stereocenters. The van der Waals surface area contributed by atoms with E-state index in [4.69, 9.17) is 9.47 Å². The maximum atomic E-state index is 13.5. The quantitative estimate of drug-likeness (QED) is 0.749. The smallest absolute Gasteiger partial charge is 0.159 e. The van der Waals surface area contributed by atoms with Gasteiger partial charge in [0.1, 0.15) is 18.5 Å². The van der Waals surface area contributed by atoms with Crippen LogP contribution >= 0.6 is 0 Å². The monoisotopic (exact) mass is 405 g/mol. The van der Waals surface area contributed by atoms with Crippen LogP contribution in [-0.4, -0.2) is 49.0 Å². The maximum absolute atomic E-state index is 13.5. The molecule has 3 rings (SSSR count). The molecule has 6 heteroatoms. The molecule has 1 N–H and O–H groups in total. The second kappa shape index (κ2) is 9.65. The van der Waals surface area contributed by atoms with Gasteiger partial charge in [-0.2, -0.15) is 0 Å². The van der Waals surface area contributed by atoms with Crippen LogP contribution in [0.2, 0.25) is 0 Å². The van der Waals surface area contributed by atoms with Gasteiger partial charge in [0.25, 0.3) is 0 Å². The third kappa shape index (κ3) is 5.75. The maximum Gasteiger partial charge on any atom is 0.159 e. The zero-order valence-electron chi connectivity index (χ0n) is 17.2. The summed E-state index contributed by atoms with van der Waals surface area (Å²) < 4.78 is 38.1. The molecule has 1 fully saturated rings. The van der Waals surface area contributed by atoms with E-state index in [1.807, 2.05) is 12.1 Å². The number of aliphatic hydroxyl groups excluding tert-OH is 1. The van der Waals surface area contributed by atoms with Crippen LogP contribution in [0, 0.1) is 18.6 Å². The molecule has 0 aromatic heterocycles. The van der Waals surface area contributed by atoms with Gasteiger partial charge in [-0.05, 0) is 53.8 Å². The molecule has 1 heterocycles. The van der Waals surface area contributed by atoms with Gasteiger partial charge in [0.2, 0.25) is 0 Å². The summed E-state index contributed by atoms with van der Waals surface area (Å²) in [4.78, 5) is 2.05. The van der Waals surface area contributed by atoms with Crippen LogP contribution in [0.15, 0.2) is 36.4 Å². The molecular weight excluding hydrogens is 376 g/mol. The number of benzene rings is 2. The largest absolute Gasteiger partial charge is 0.491 e. The van der Waals surface area contributed by atoms with Crippen molar-refractivity contribution in [3.63, 3.8) is 0 Å². The van der Waals surface area contributed by atoms with E-state index in [-0.39, 0.29) is 12.7 Å². The molecule has 0 spiro atoms. The first-order valence-electron chi connectivity index (χ1n) is 10.0. The average molecular weight is 405 g/mol. The van der Waals surface area contributed by atoms with Gasteiger partial charge in [0.15, 0.2) is 11.6 Å². The highest BCUT2D eigenvalue weighted by Crippen LogP contribution is 2.25. The summed E-state index contributed by atoms with van der Waals surface area (Å²) >= 11 is 0. The van der Waals surface area contributed by atoms with Crippen molar-refractivity contribution >= 4 is 0 Å². The lowest BCUT2D eigenvalue weighted by Gasteiger charge is -2.34. The van der Waals surface area contributed by atoms with E-state index in [1.54, 1.807) is 0 Å². The van der Waals surface area contributed by atoms with Crippen molar-refractivity contribution in [1.82, 2.24) is 4.90 Å². The molecule has 1 aliphatic rings. The van der Waals surface area contributed by atoms with Crippen molar-refractivity contribution in [2.45, 2.75) is 38.9 Å². The first-order chi connectivity index (χ1) is 13.8. The lowest BCUT2D eigenvalue weighted by atomic mass is 9.98. The topological polar surface area (TPSA) is 41.9 Å². The average Bonchev–Trinajstić information content (AvgIpc) is 2.68. The summed E-state index contributed by atoms with van der Waals surface area (Å²) in [5.41, 5.74) is 3.06. The molecular formula is C23H29F2NO3. The van der Waals surface area contributed by atoms with E-state index in [2.05, 4.69) is 31.7 Å². The fraction of sp³-hybridized carbons (Fsp3) is 0.478. The third-order valence-corrected chi connectivity index (χ3v) is 5.24. The first kappa shape index (κ1) is 21.7. The highest BCUT2D eigenvalue weighted by molar-refractivity contribution is 5.36. The number of rotatable bonds is 7. The van der Waals surface area contributed by atoms with E-state index in [0.717, 1.165) is 11.8 Å². The molecule has 0 amide bonds. The van der Waals surface area contributed by atoms with Crippen LogP contribution in [0.1, 0.15) is 42.6 Å². The Hall–Kier alpha value is -2.02. The number of aliphatic hydroxyl groups is 1. The van der Waals surface area contributed by atoms with Gasteiger partial charge >= 0.3 is 0 Å². The molecule has 2 aromatic rings. The first-order valence-corrected chi connectivity index (χ1v) is 10.0. The minimum Gasteiger partial charge on any atom is -0.491 e. The predicted molar refractivity (Wildman–Crippen MR) is 108 cm³/mol. The molecule has 0 saturated carbocycles. The van der Waals surface area contributed by atoms with E-state index in [1.165, 1.54) is 23.3 Å². The standard InChI is InChI=1S/C23H29F2NO3/c1-15(2)20-6-5-19(10-16(20)3)29-14-18(27)12-26-8-9-28-23(13-26)17-4-7-21(24)22(25)11-17/h4-7,10-11,15,18,23,27H,8-9,12-14H2,1-3H3. The fourth-order valence-corrected chi connectivity index (χ4v) is 3.71. The number of halogens is 2. The highest BCUT2D eigenvalue weighted by atomic mass is 19.2. The van der Waals surface area contributed by atoms with Gasteiger partial charge < -0.3 is 14.6 Å². The molecule has 0 bridgehead atoms. The summed E-state index contributed by atoms with van der Waals surface area (Å²) in [5.74, 6) is -0.549. The highest BCUT2D eigenvalue weighted by Gasteiger charge is 2.24. The fourth-order valence-electron chi connectivity index (χ4n) is 3.71. The van der Waals surface area contributed by atoms with E-state index in [0.29, 0.717) is 37.7 Å². The van der Waals surface area contributed by atoms with Gasteiger partial charge in [0, 0.05) is 19.6 Å². The Balaban J connectivity index is 1.51. The number of ether oxygens (including phenoxy) is 2. The van der Waals surface area contributed by atoms with Gasteiger partial charge in [0.05, 0.1) is 12.7 Å². The lowest BCUT2D eigenvalue weighted by molar-refractivity contribution is -0.0460. The summed E-state index contributed by atoms with van der Waals surface area (Å²) in [6.07, 6.45) is -1.01. The van der Waals surface area contributed by atoms with Gasteiger partial charge in [-0.1, -0.05) is 26.0 Å². The molecule has 2 aromatic carbocycles. The van der Waals surface area contributed by atoms with Crippen LogP contribution in [0.5, 0.6) is 5.75 Å². The number of morpholine rings is 1. The number of hydrogen-bond acceptors (Lipinski definition) is 4. The van der Waals surface area contributed by atoms with Crippen LogP contribution in [0.3, 0.4) is 0 Å². The van der Waals surface area contributed by atoms with E-state index >= 15 is 0 Å². The molecule has 2 unspecified atom stereocenters. The predicted octanol–water partition coefficient (Wildman–Crippen LogP) is 4.21. The second-order valence-corrected chi connectivity index (χ2v) is 7.93. The van der Waals surface area contributed by atoms with E-state index in [9.17, 15) is 13.9 Å². The molecule has 0 radical (unpaired) electrons. The number of aryl methyl sites for hydroxylation is 1. The lowest BCUT2D eigenvalue weighted by Crippen LogP contribution is -2.43. The Morgan fingerprint density at radius 3 is 2.66 bits per heavy atom. The Kier molecular flexibility index (Phi) is 7.22. The Morgan fingerprint density at radius 2 is 1.97 bits per heavy atom. The van der Waals surface area contributed by atoms with Crippen molar-refractivity contribution in [1.29, 1.82) is 0 Å². The SMILES string of the molecule is Cc1cc(OCC(O)CN2CCOC(c3ccc(F)c(F)c3)C2)ccc1C(C)C. The number of β-amino-alcohol motifs (C(OH)–C–C–N with tert-alkyl or cyclic N) is 1. The molecule has 1 saturated heterocycles. The van der Waals surface area contributed by atoms with Gasteiger partial charge in [-0.15, -0.1) is 0 Å². The minimum absolute atomic E-state index is 0.188. The molecule has 1 aliphatic heterocycles. The van der Waals surface area contributed by atoms with Crippen molar-refractivity contribution in [3.8, 4) is 5.75 Å². The van der Waals surface area contributed by atoms with Crippen molar-refractivity contribution in [2.75, 3.05) is 32.8 Å². The number of nitrogens with zero attached hydrogens (tertiary/aromatic N) is 1. The van der Waals surface area contributed by atoms with Crippen LogP contribution in [-0.2, 0) is 4.74 Å². The minimum atomic E-state index is -0.879. The zero-order valence-corrected chi connectivity index (χ0v) is 17.2.